The lowest BCUT2D eigenvalue weighted by Gasteiger charge is -2.14. The van der Waals surface area contributed by atoms with E-state index in [0.717, 1.165) is 0 Å². The fraction of sp³-hybridized carbons (Fsp3) is 0.417. The van der Waals surface area contributed by atoms with Gasteiger partial charge in [-0.05, 0) is 37.5 Å². The van der Waals surface area contributed by atoms with Crippen LogP contribution in [0.25, 0.3) is 0 Å². The van der Waals surface area contributed by atoms with Gasteiger partial charge < -0.3 is 9.84 Å². The number of methoxy groups -OCH3 is 1. The normalized spacial score (nSPS) is 16.9. The van der Waals surface area contributed by atoms with Crippen molar-refractivity contribution in [2.75, 3.05) is 7.11 Å². The summed E-state index contributed by atoms with van der Waals surface area (Å²) in [5, 5.41) is 9.13. The van der Waals surface area contributed by atoms with E-state index in [1.54, 1.807) is 13.0 Å². The van der Waals surface area contributed by atoms with Crippen LogP contribution in [0.15, 0.2) is 12.1 Å². The highest BCUT2D eigenvalue weighted by Gasteiger charge is 2.53. The van der Waals surface area contributed by atoms with Crippen LogP contribution >= 0.6 is 0 Å². The summed E-state index contributed by atoms with van der Waals surface area (Å²) >= 11 is 0. The van der Waals surface area contributed by atoms with Gasteiger partial charge in [-0.1, -0.05) is 0 Å². The third-order valence-corrected chi connectivity index (χ3v) is 3.14. The molecule has 0 spiro atoms. The SMILES string of the molecule is COc1cc(C)c(F)c(C2(C(=O)O)CC2)c1. The van der Waals surface area contributed by atoms with Gasteiger partial charge in [0.15, 0.2) is 0 Å². The molecule has 1 aromatic rings. The zero-order valence-electron chi connectivity index (χ0n) is 9.21. The highest BCUT2D eigenvalue weighted by atomic mass is 19.1. The molecule has 86 valence electrons. The molecular weight excluding hydrogens is 211 g/mol. The first-order valence-corrected chi connectivity index (χ1v) is 5.09. The van der Waals surface area contributed by atoms with Crippen molar-refractivity contribution in [2.45, 2.75) is 25.2 Å². The topological polar surface area (TPSA) is 46.5 Å². The van der Waals surface area contributed by atoms with E-state index in [4.69, 9.17) is 9.84 Å². The van der Waals surface area contributed by atoms with Crippen LogP contribution in [0.1, 0.15) is 24.0 Å². The fourth-order valence-electron chi connectivity index (χ4n) is 1.93. The summed E-state index contributed by atoms with van der Waals surface area (Å²) < 4.78 is 18.9. The quantitative estimate of drug-likeness (QED) is 0.856. The van der Waals surface area contributed by atoms with Crippen LogP contribution in [-0.4, -0.2) is 18.2 Å². The molecule has 0 bridgehead atoms. The Balaban J connectivity index is 2.56. The van der Waals surface area contributed by atoms with Gasteiger partial charge in [-0.15, -0.1) is 0 Å². The molecule has 1 saturated carbocycles. The van der Waals surface area contributed by atoms with Crippen LogP contribution in [-0.2, 0) is 10.2 Å². The zero-order valence-corrected chi connectivity index (χ0v) is 9.21. The maximum Gasteiger partial charge on any atom is 0.314 e. The Labute approximate surface area is 92.9 Å². The summed E-state index contributed by atoms with van der Waals surface area (Å²) in [6, 6.07) is 3.06. The largest absolute Gasteiger partial charge is 0.497 e. The average molecular weight is 224 g/mol. The van der Waals surface area contributed by atoms with Crippen LogP contribution in [0, 0.1) is 12.7 Å². The second kappa shape index (κ2) is 3.47. The van der Waals surface area contributed by atoms with Crippen molar-refractivity contribution in [3.05, 3.63) is 29.1 Å². The maximum atomic E-state index is 13.9. The van der Waals surface area contributed by atoms with Gasteiger partial charge >= 0.3 is 5.97 Å². The molecule has 16 heavy (non-hydrogen) atoms. The van der Waals surface area contributed by atoms with Gasteiger partial charge in [0.25, 0.3) is 0 Å². The molecule has 1 aliphatic rings. The van der Waals surface area contributed by atoms with Gasteiger partial charge in [0.05, 0.1) is 12.5 Å². The number of carbonyl (C=O) groups is 1. The Hall–Kier alpha value is -1.58. The summed E-state index contributed by atoms with van der Waals surface area (Å²) in [7, 11) is 1.48. The van der Waals surface area contributed by atoms with Gasteiger partial charge in [0.2, 0.25) is 0 Å². The molecule has 0 radical (unpaired) electrons. The van der Waals surface area contributed by atoms with Crippen LogP contribution in [0.2, 0.25) is 0 Å². The summed E-state index contributed by atoms with van der Waals surface area (Å²) in [5.41, 5.74) is -0.359. The summed E-state index contributed by atoms with van der Waals surface area (Å²) in [4.78, 5) is 11.1. The zero-order chi connectivity index (χ0) is 11.9. The number of hydrogen-bond donors (Lipinski definition) is 1. The second-order valence-electron chi connectivity index (χ2n) is 4.19. The molecule has 2 rings (SSSR count). The molecule has 1 aliphatic carbocycles. The van der Waals surface area contributed by atoms with Crippen LogP contribution in [0.3, 0.4) is 0 Å². The van der Waals surface area contributed by atoms with E-state index in [1.165, 1.54) is 13.2 Å². The molecule has 3 nitrogen and oxygen atoms in total. The van der Waals surface area contributed by atoms with Crippen molar-refractivity contribution in [1.82, 2.24) is 0 Å². The maximum absolute atomic E-state index is 13.9. The standard InChI is InChI=1S/C12H13FO3/c1-7-5-8(16-2)6-9(10(7)13)12(3-4-12)11(14)15/h5-6H,3-4H2,1-2H3,(H,14,15). The third-order valence-electron chi connectivity index (χ3n) is 3.14. The minimum atomic E-state index is -1.02. The Kier molecular flexibility index (Phi) is 2.37. The monoisotopic (exact) mass is 224 g/mol. The summed E-state index contributed by atoms with van der Waals surface area (Å²) in [6.07, 6.45) is 0.984. The number of halogens is 1. The van der Waals surface area contributed by atoms with Crippen molar-refractivity contribution < 1.29 is 19.0 Å². The Bertz CT molecular complexity index is 450. The fourth-order valence-corrected chi connectivity index (χ4v) is 1.93. The third kappa shape index (κ3) is 1.45. The van der Waals surface area contributed by atoms with Gasteiger partial charge in [-0.25, -0.2) is 4.39 Å². The molecule has 1 N–H and O–H groups in total. The summed E-state index contributed by atoms with van der Waals surface area (Å²) in [5.74, 6) is -0.888. The lowest BCUT2D eigenvalue weighted by Crippen LogP contribution is -2.21. The van der Waals surface area contributed by atoms with Crippen LogP contribution in [0.4, 0.5) is 4.39 Å². The Morgan fingerprint density at radius 2 is 2.12 bits per heavy atom. The van der Waals surface area contributed by atoms with Gasteiger partial charge in [0, 0.05) is 5.56 Å². The molecular formula is C12H13FO3. The van der Waals surface area contributed by atoms with E-state index in [-0.39, 0.29) is 5.56 Å². The molecule has 1 fully saturated rings. The first-order chi connectivity index (χ1) is 7.51. The number of benzene rings is 1. The smallest absolute Gasteiger partial charge is 0.314 e. The van der Waals surface area contributed by atoms with E-state index in [0.29, 0.717) is 24.2 Å². The predicted molar refractivity (Wildman–Crippen MR) is 56.2 cm³/mol. The second-order valence-corrected chi connectivity index (χ2v) is 4.19. The van der Waals surface area contributed by atoms with Crippen molar-refractivity contribution in [1.29, 1.82) is 0 Å². The number of aryl methyl sites for hydroxylation is 1. The average Bonchev–Trinajstić information content (AvgIpc) is 3.02. The number of carboxylic acid groups (broad SMARTS) is 1. The van der Waals surface area contributed by atoms with E-state index in [1.807, 2.05) is 0 Å². The van der Waals surface area contributed by atoms with E-state index < -0.39 is 17.2 Å². The lowest BCUT2D eigenvalue weighted by atomic mass is 9.93. The Morgan fingerprint density at radius 3 is 2.56 bits per heavy atom. The summed E-state index contributed by atoms with van der Waals surface area (Å²) in [6.45, 7) is 1.61. The van der Waals surface area contributed by atoms with Gasteiger partial charge in [0.1, 0.15) is 11.6 Å². The van der Waals surface area contributed by atoms with Crippen LogP contribution in [0.5, 0.6) is 5.75 Å². The minimum Gasteiger partial charge on any atom is -0.497 e. The predicted octanol–water partition coefficient (Wildman–Crippen LogP) is 2.26. The van der Waals surface area contributed by atoms with Crippen molar-refractivity contribution in [3.63, 3.8) is 0 Å². The van der Waals surface area contributed by atoms with Crippen molar-refractivity contribution in [3.8, 4) is 5.75 Å². The number of rotatable bonds is 3. The van der Waals surface area contributed by atoms with E-state index in [2.05, 4.69) is 0 Å². The number of aliphatic carboxylic acids is 1. The van der Waals surface area contributed by atoms with Crippen molar-refractivity contribution >= 4 is 5.97 Å². The van der Waals surface area contributed by atoms with Gasteiger partial charge in [-0.2, -0.15) is 0 Å². The molecule has 0 heterocycles. The number of ether oxygens (including phenoxy) is 1. The molecule has 1 aromatic carbocycles. The molecule has 0 aromatic heterocycles. The molecule has 4 heteroatoms. The molecule has 0 amide bonds. The van der Waals surface area contributed by atoms with Crippen molar-refractivity contribution in [2.24, 2.45) is 0 Å². The molecule has 0 saturated heterocycles. The van der Waals surface area contributed by atoms with E-state index >= 15 is 0 Å². The Morgan fingerprint density at radius 1 is 1.50 bits per heavy atom. The lowest BCUT2D eigenvalue weighted by molar-refractivity contribution is -0.140. The van der Waals surface area contributed by atoms with Crippen LogP contribution < -0.4 is 4.74 Å². The highest BCUT2D eigenvalue weighted by molar-refractivity contribution is 5.85. The van der Waals surface area contributed by atoms with E-state index in [9.17, 15) is 9.18 Å². The first kappa shape index (κ1) is 10.9. The van der Waals surface area contributed by atoms with Gasteiger partial charge in [-0.3, -0.25) is 4.79 Å². The molecule has 0 unspecified atom stereocenters. The molecule has 0 atom stereocenters. The number of carboxylic acids is 1. The minimum absolute atomic E-state index is 0.247. The molecule has 0 aliphatic heterocycles. The highest BCUT2D eigenvalue weighted by Crippen LogP contribution is 2.50. The number of hydrogen-bond acceptors (Lipinski definition) is 2. The first-order valence-electron chi connectivity index (χ1n) is 5.09.